The number of carbonyl (C=O) groups is 2. The Kier molecular flexibility index (Phi) is 13.3. The fraction of sp³-hybridized carbons (Fsp3) is 0.449. The van der Waals surface area contributed by atoms with Crippen molar-refractivity contribution in [2.75, 3.05) is 6.61 Å². The SMILES string of the molecule is CCC1=C2C=C3N=C4C(=C5NC(=CC6=NC(=CC(=N2)C1=CO)C([C@@H](C)O)=C6C)[C@@H](C)[C@@H]5CCC(=O)OC/C=C(\C)CC/C=C(\C)CCC=C(C)C)CC(=O)C4=C3CC. The van der Waals surface area contributed by atoms with Crippen LogP contribution in [0.5, 0.6) is 0 Å². The van der Waals surface area contributed by atoms with Crippen LogP contribution >= 0.6 is 0 Å². The van der Waals surface area contributed by atoms with Crippen molar-refractivity contribution in [1.82, 2.24) is 5.32 Å². The van der Waals surface area contributed by atoms with E-state index in [4.69, 9.17) is 19.7 Å². The summed E-state index contributed by atoms with van der Waals surface area (Å²) >= 11 is 0. The van der Waals surface area contributed by atoms with Crippen LogP contribution in [-0.4, -0.2) is 51.8 Å². The van der Waals surface area contributed by atoms with Crippen LogP contribution in [0.3, 0.4) is 0 Å². The Hall–Kier alpha value is -5.15. The minimum atomic E-state index is -0.796. The first-order chi connectivity index (χ1) is 27.8. The largest absolute Gasteiger partial charge is 0.515 e. The number of aliphatic hydroxyl groups excluding tert-OH is 2. The van der Waals surface area contributed by atoms with Crippen molar-refractivity contribution < 1.29 is 24.5 Å². The van der Waals surface area contributed by atoms with Gasteiger partial charge in [0.1, 0.15) is 6.61 Å². The molecule has 6 rings (SSSR count). The number of hydrogen-bond acceptors (Lipinski definition) is 9. The predicted molar refractivity (Wildman–Crippen MR) is 234 cm³/mol. The van der Waals surface area contributed by atoms with Gasteiger partial charge in [-0.3, -0.25) is 9.59 Å². The first-order valence-corrected chi connectivity index (χ1v) is 21.0. The number of carbonyl (C=O) groups excluding carboxylic acids is 2. The quantitative estimate of drug-likeness (QED) is 0.0913. The summed E-state index contributed by atoms with van der Waals surface area (Å²) in [5.41, 5.74) is 15.1. The van der Waals surface area contributed by atoms with Crippen molar-refractivity contribution in [2.24, 2.45) is 26.8 Å². The number of hydrogen-bond donors (Lipinski definition) is 3. The van der Waals surface area contributed by atoms with E-state index in [2.05, 4.69) is 52.1 Å². The lowest BCUT2D eigenvalue weighted by Crippen LogP contribution is -2.15. The standard InChI is InChI=1S/C49H60N4O5/c1-10-33-37(26-54)42-25-43-46(32(9)55)31(8)39(50-43)23-38-30(7)35(18-19-45(57)58-21-20-29(6)17-13-16-28(5)15-12-14-27(3)4)48(52-38)36-22-44(56)47-34(11-2)41(53-49(36)47)24-40(33)51-42/h14,16,20,23-26,30,32,35,52,54-55H,10-13,15,17-19,21-22H2,1-9H3/b28-16+,29-20+,37-26?,38-23?,41-24?,43-25?,48-36?/t30-,32+,35-/m0/s1. The lowest BCUT2D eigenvalue weighted by molar-refractivity contribution is -0.142. The number of allylic oxidation sites excluding steroid dienone is 16. The Balaban J connectivity index is 1.30. The third kappa shape index (κ3) is 8.80. The van der Waals surface area contributed by atoms with Gasteiger partial charge in [0.15, 0.2) is 5.78 Å². The molecule has 58 heavy (non-hydrogen) atoms. The highest BCUT2D eigenvalue weighted by Gasteiger charge is 2.43. The average Bonchev–Trinajstić information content (AvgIpc) is 3.94. The van der Waals surface area contributed by atoms with Crippen molar-refractivity contribution in [3.63, 3.8) is 0 Å². The minimum Gasteiger partial charge on any atom is -0.515 e. The molecule has 306 valence electrons. The maximum absolute atomic E-state index is 13.9. The molecule has 1 saturated carbocycles. The number of rotatable bonds is 14. The lowest BCUT2D eigenvalue weighted by Gasteiger charge is -2.17. The van der Waals surface area contributed by atoms with Gasteiger partial charge in [-0.2, -0.15) is 0 Å². The molecule has 0 aromatic heterocycles. The van der Waals surface area contributed by atoms with E-state index in [0.717, 1.165) is 65.6 Å². The molecule has 9 heteroatoms. The molecule has 9 nitrogen and oxygen atoms in total. The van der Waals surface area contributed by atoms with Crippen LogP contribution in [0.25, 0.3) is 0 Å². The molecule has 0 aromatic rings. The third-order valence-electron chi connectivity index (χ3n) is 12.1. The smallest absolute Gasteiger partial charge is 0.306 e. The van der Waals surface area contributed by atoms with E-state index < -0.39 is 6.10 Å². The Bertz CT molecular complexity index is 2230. The lowest BCUT2D eigenvalue weighted by atomic mass is 9.86. The van der Waals surface area contributed by atoms with Gasteiger partial charge in [-0.15, -0.1) is 0 Å². The van der Waals surface area contributed by atoms with Crippen LogP contribution in [-0.2, 0) is 14.3 Å². The van der Waals surface area contributed by atoms with E-state index in [9.17, 15) is 19.8 Å². The van der Waals surface area contributed by atoms with Gasteiger partial charge < -0.3 is 20.3 Å². The Morgan fingerprint density at radius 3 is 2.31 bits per heavy atom. The molecular weight excluding hydrogens is 725 g/mol. The second-order valence-corrected chi connectivity index (χ2v) is 16.5. The molecule has 0 spiro atoms. The highest BCUT2D eigenvalue weighted by molar-refractivity contribution is 6.38. The number of Topliss-reactive ketones (excluding diaryl/α,β-unsaturated/α-hetero) is 1. The maximum atomic E-state index is 13.9. The number of ketones is 1. The van der Waals surface area contributed by atoms with E-state index in [1.54, 1.807) is 6.92 Å². The number of nitrogens with one attached hydrogen (secondary N) is 1. The highest BCUT2D eigenvalue weighted by Crippen LogP contribution is 2.46. The molecule has 0 radical (unpaired) electrons. The van der Waals surface area contributed by atoms with Crippen molar-refractivity contribution in [1.29, 1.82) is 0 Å². The van der Waals surface area contributed by atoms with Gasteiger partial charge in [0, 0.05) is 58.4 Å². The molecule has 1 aliphatic carbocycles. The number of nitrogens with zero attached hydrogens (tertiary/aromatic N) is 3. The molecule has 6 aliphatic rings. The van der Waals surface area contributed by atoms with E-state index in [1.807, 2.05) is 45.1 Å². The van der Waals surface area contributed by atoms with E-state index in [-0.39, 0.29) is 43.0 Å². The second-order valence-electron chi connectivity index (χ2n) is 16.5. The summed E-state index contributed by atoms with van der Waals surface area (Å²) < 4.78 is 5.73. The zero-order valence-corrected chi connectivity index (χ0v) is 35.8. The zero-order chi connectivity index (χ0) is 41.8. The van der Waals surface area contributed by atoms with Crippen LogP contribution in [0.15, 0.2) is 142 Å². The molecule has 8 bridgehead atoms. The highest BCUT2D eigenvalue weighted by atomic mass is 16.5. The number of ether oxygens (including phenoxy) is 1. The van der Waals surface area contributed by atoms with E-state index in [0.29, 0.717) is 70.2 Å². The number of esters is 1. The molecule has 3 atom stereocenters. The third-order valence-corrected chi connectivity index (χ3v) is 12.1. The summed E-state index contributed by atoms with van der Waals surface area (Å²) in [5, 5.41) is 25.1. The molecule has 2 fully saturated rings. The number of aliphatic hydroxyl groups is 2. The molecule has 3 N–H and O–H groups in total. The Morgan fingerprint density at radius 2 is 1.64 bits per heavy atom. The van der Waals surface area contributed by atoms with Crippen LogP contribution in [0, 0.1) is 11.8 Å². The van der Waals surface area contributed by atoms with Gasteiger partial charge in [-0.25, -0.2) is 15.0 Å². The molecular formula is C49H60N4O5. The van der Waals surface area contributed by atoms with Crippen molar-refractivity contribution in [3.8, 4) is 0 Å². The first-order valence-electron chi connectivity index (χ1n) is 21.0. The molecule has 5 heterocycles. The fourth-order valence-corrected chi connectivity index (χ4v) is 8.80. The number of aliphatic imine (C=N–C) groups is 3. The van der Waals surface area contributed by atoms with Gasteiger partial charge in [0.25, 0.3) is 0 Å². The summed E-state index contributed by atoms with van der Waals surface area (Å²) in [4.78, 5) is 42.3. The van der Waals surface area contributed by atoms with Crippen LogP contribution < -0.4 is 5.32 Å². The van der Waals surface area contributed by atoms with Gasteiger partial charge in [-0.1, -0.05) is 49.6 Å². The number of fused-ring (bicyclic) bond motifs is 5. The van der Waals surface area contributed by atoms with Gasteiger partial charge in [-0.05, 0) is 128 Å². The normalized spacial score (nSPS) is 23.0. The van der Waals surface area contributed by atoms with E-state index in [1.165, 1.54) is 16.7 Å². The summed E-state index contributed by atoms with van der Waals surface area (Å²) in [5.74, 6) is -0.368. The predicted octanol–water partition coefficient (Wildman–Crippen LogP) is 10.4. The second kappa shape index (κ2) is 18.2. The fourth-order valence-electron chi connectivity index (χ4n) is 8.80. The van der Waals surface area contributed by atoms with Crippen molar-refractivity contribution in [3.05, 3.63) is 127 Å². The Morgan fingerprint density at radius 1 is 0.931 bits per heavy atom. The molecule has 0 amide bonds. The summed E-state index contributed by atoms with van der Waals surface area (Å²) in [6.45, 7) is 18.6. The summed E-state index contributed by atoms with van der Waals surface area (Å²) in [6, 6.07) is 0. The van der Waals surface area contributed by atoms with Gasteiger partial charge >= 0.3 is 5.97 Å². The molecule has 0 unspecified atom stereocenters. The van der Waals surface area contributed by atoms with Crippen LogP contribution in [0.4, 0.5) is 0 Å². The Labute approximate surface area is 344 Å². The van der Waals surface area contributed by atoms with Crippen LogP contribution in [0.2, 0.25) is 0 Å². The summed E-state index contributed by atoms with van der Waals surface area (Å²) in [7, 11) is 0. The maximum Gasteiger partial charge on any atom is 0.306 e. The monoisotopic (exact) mass is 784 g/mol. The first kappa shape index (κ1) is 42.5. The van der Waals surface area contributed by atoms with Crippen molar-refractivity contribution >= 4 is 28.9 Å². The van der Waals surface area contributed by atoms with Crippen LogP contribution in [0.1, 0.15) is 120 Å². The van der Waals surface area contributed by atoms with Gasteiger partial charge in [0.2, 0.25) is 0 Å². The zero-order valence-electron chi connectivity index (χ0n) is 35.8. The molecule has 5 aliphatic heterocycles. The topological polar surface area (TPSA) is 133 Å². The molecule has 1 saturated heterocycles. The minimum absolute atomic E-state index is 0.0357. The average molecular weight is 785 g/mol. The van der Waals surface area contributed by atoms with Gasteiger partial charge in [0.05, 0.1) is 46.6 Å². The molecule has 0 aromatic carbocycles. The van der Waals surface area contributed by atoms with Crippen molar-refractivity contribution in [2.45, 2.75) is 126 Å². The summed E-state index contributed by atoms with van der Waals surface area (Å²) in [6.07, 6.45) is 18.9. The van der Waals surface area contributed by atoms with E-state index >= 15 is 0 Å².